The first kappa shape index (κ1) is 8.94. The molecule has 0 saturated carbocycles. The van der Waals surface area contributed by atoms with Crippen LogP contribution in [0.4, 0.5) is 4.79 Å². The molecule has 0 unspecified atom stereocenters. The molecule has 0 aromatic rings. The fourth-order valence-corrected chi connectivity index (χ4v) is 0. The molecule has 0 radical (unpaired) electrons. The normalized spacial score (nSPS) is 4.80. The van der Waals surface area contributed by atoms with Crippen LogP contribution in [0.1, 0.15) is 0 Å². The average Bonchev–Trinajstić information content (AvgIpc) is 0.811. The number of hydrogen-bond acceptors (Lipinski definition) is 1. The Bertz CT molecular complexity index is 32.6. The molecule has 0 saturated heterocycles. The first-order valence-corrected chi connectivity index (χ1v) is 0.716. The predicted molar refractivity (Wildman–Crippen MR) is 22.2 cm³/mol. The molecule has 0 bridgehead atoms. The molecule has 0 aliphatic rings. The molecule has 3 N–H and O–H groups in total. The molecule has 0 atom stereocenters. The summed E-state index contributed by atoms with van der Waals surface area (Å²) in [6.07, 6.45) is -1.33. The van der Waals surface area contributed by atoms with Crippen LogP contribution in [0.25, 0.3) is 0 Å². The van der Waals surface area contributed by atoms with E-state index in [0.717, 1.165) is 0 Å². The zero-order chi connectivity index (χ0) is 3.58. The molecule has 3 nitrogen and oxygen atoms in total. The Kier molecular flexibility index (Phi) is 7.40. The average molecular weight is 179 g/mol. The fourth-order valence-electron chi connectivity index (χ4n) is 0. The van der Waals surface area contributed by atoms with Gasteiger partial charge >= 0.3 is 31.9 Å². The summed E-state index contributed by atoms with van der Waals surface area (Å²) in [6.45, 7) is 0. The summed E-state index contributed by atoms with van der Waals surface area (Å²) in [5.41, 5.74) is 4.03. The Morgan fingerprint density at radius 3 is 1.80 bits per heavy atom. The van der Waals surface area contributed by atoms with Gasteiger partial charge in [0.2, 0.25) is 0 Å². The summed E-state index contributed by atoms with van der Waals surface area (Å²) in [5, 5.41) is 7.19. The molecular formula is CH6InNO2. The van der Waals surface area contributed by atoms with Crippen LogP contribution in [0.15, 0.2) is 0 Å². The van der Waals surface area contributed by atoms with Gasteiger partial charge in [0.1, 0.15) is 0 Å². The SMILES string of the molecule is NC(=O)O.[InH3]. The van der Waals surface area contributed by atoms with Crippen LogP contribution >= 0.6 is 0 Å². The monoisotopic (exact) mass is 179 g/mol. The third-order valence-corrected chi connectivity index (χ3v) is 0. The van der Waals surface area contributed by atoms with Gasteiger partial charge in [0.25, 0.3) is 0 Å². The number of nitrogens with two attached hydrogens (primary N) is 1. The Morgan fingerprint density at radius 2 is 1.80 bits per heavy atom. The molecule has 4 heteroatoms. The standard InChI is InChI=1S/CH3NO2.In.3H/c2-1(3)4;;;;/h2H2,(H,3,4);;;;. The van der Waals surface area contributed by atoms with E-state index in [4.69, 9.17) is 9.90 Å². The van der Waals surface area contributed by atoms with E-state index in [9.17, 15) is 0 Å². The van der Waals surface area contributed by atoms with Crippen LogP contribution in [-0.4, -0.2) is 37.0 Å². The number of hydrogen-bond donors (Lipinski definition) is 2. The number of rotatable bonds is 0. The first-order valence-electron chi connectivity index (χ1n) is 0.716. The van der Waals surface area contributed by atoms with Crippen molar-refractivity contribution in [2.24, 2.45) is 5.73 Å². The third kappa shape index (κ3) is 966. The number of carbonyl (C=O) groups is 1. The van der Waals surface area contributed by atoms with Crippen molar-refractivity contribution in [3.05, 3.63) is 0 Å². The predicted octanol–water partition coefficient (Wildman–Crippen LogP) is -1.56. The maximum absolute atomic E-state index is 8.78. The van der Waals surface area contributed by atoms with Crippen LogP contribution < -0.4 is 5.73 Å². The van der Waals surface area contributed by atoms with Gasteiger partial charge in [0.15, 0.2) is 0 Å². The molecule has 0 aliphatic heterocycles. The fraction of sp³-hybridized carbons (Fsp3) is 0. The van der Waals surface area contributed by atoms with Crippen LogP contribution in [0.5, 0.6) is 0 Å². The first-order chi connectivity index (χ1) is 1.73. The zero-order valence-electron chi connectivity index (χ0n) is 1.93. The molecule has 0 spiro atoms. The Balaban J connectivity index is 0. The van der Waals surface area contributed by atoms with Crippen molar-refractivity contribution in [1.29, 1.82) is 0 Å². The van der Waals surface area contributed by atoms with Gasteiger partial charge in [0.05, 0.1) is 0 Å². The van der Waals surface area contributed by atoms with Crippen LogP contribution in [0.3, 0.4) is 0 Å². The summed E-state index contributed by atoms with van der Waals surface area (Å²) in [5.74, 6) is 0. The molecule has 0 rings (SSSR count). The van der Waals surface area contributed by atoms with E-state index >= 15 is 0 Å². The van der Waals surface area contributed by atoms with Gasteiger partial charge in [-0.3, -0.25) is 0 Å². The van der Waals surface area contributed by atoms with Crippen LogP contribution in [0.2, 0.25) is 0 Å². The van der Waals surface area contributed by atoms with Gasteiger partial charge in [0, 0.05) is 0 Å². The molecule has 0 aromatic heterocycles. The topological polar surface area (TPSA) is 63.3 Å². The van der Waals surface area contributed by atoms with Crippen molar-refractivity contribution in [2.75, 3.05) is 0 Å². The maximum atomic E-state index is 8.78. The quantitative estimate of drug-likeness (QED) is 0.472. The number of amides is 1. The summed E-state index contributed by atoms with van der Waals surface area (Å²) in [6, 6.07) is 0. The van der Waals surface area contributed by atoms with Crippen molar-refractivity contribution in [2.45, 2.75) is 0 Å². The van der Waals surface area contributed by atoms with Gasteiger partial charge in [-0.1, -0.05) is 0 Å². The van der Waals surface area contributed by atoms with E-state index in [0.29, 0.717) is 0 Å². The molecular weight excluding hydrogens is 173 g/mol. The van der Waals surface area contributed by atoms with Gasteiger partial charge in [-0.2, -0.15) is 0 Å². The van der Waals surface area contributed by atoms with Gasteiger partial charge in [-0.15, -0.1) is 0 Å². The Labute approximate surface area is 47.9 Å². The molecule has 0 aromatic carbocycles. The second-order valence-corrected chi connectivity index (χ2v) is 0.338. The molecule has 1 amide bonds. The van der Waals surface area contributed by atoms with Gasteiger partial charge in [-0.05, 0) is 0 Å². The molecule has 0 aliphatic carbocycles. The number of carboxylic acid groups (broad SMARTS) is 1. The molecule has 0 heterocycles. The van der Waals surface area contributed by atoms with Crippen molar-refractivity contribution in [3.63, 3.8) is 0 Å². The van der Waals surface area contributed by atoms with Crippen molar-refractivity contribution in [3.8, 4) is 0 Å². The van der Waals surface area contributed by atoms with Gasteiger partial charge in [-0.25, -0.2) is 4.79 Å². The van der Waals surface area contributed by atoms with E-state index in [1.165, 1.54) is 0 Å². The van der Waals surface area contributed by atoms with E-state index in [2.05, 4.69) is 5.73 Å². The minimum absolute atomic E-state index is 0. The molecule has 0 fully saturated rings. The van der Waals surface area contributed by atoms with Crippen LogP contribution in [-0.2, 0) is 0 Å². The molecule has 5 heavy (non-hydrogen) atoms. The number of primary amides is 1. The second kappa shape index (κ2) is 4.14. The molecule has 30 valence electrons. The van der Waals surface area contributed by atoms with Crippen molar-refractivity contribution >= 4 is 31.9 Å². The van der Waals surface area contributed by atoms with Crippen LogP contribution in [0, 0.1) is 0 Å². The van der Waals surface area contributed by atoms with E-state index in [-0.39, 0.29) is 25.8 Å². The second-order valence-electron chi connectivity index (χ2n) is 0.338. The minimum atomic E-state index is -1.33. The zero-order valence-corrected chi connectivity index (χ0v) is 1.93. The Hall–Kier alpha value is 0.140. The summed E-state index contributed by atoms with van der Waals surface area (Å²) >= 11 is 0. The summed E-state index contributed by atoms with van der Waals surface area (Å²) in [7, 11) is 0. The van der Waals surface area contributed by atoms with Crippen molar-refractivity contribution < 1.29 is 9.90 Å². The van der Waals surface area contributed by atoms with E-state index < -0.39 is 6.09 Å². The summed E-state index contributed by atoms with van der Waals surface area (Å²) < 4.78 is 0. The Morgan fingerprint density at radius 1 is 1.80 bits per heavy atom. The van der Waals surface area contributed by atoms with Crippen molar-refractivity contribution in [1.82, 2.24) is 0 Å². The summed E-state index contributed by atoms with van der Waals surface area (Å²) in [4.78, 5) is 8.78. The van der Waals surface area contributed by atoms with E-state index in [1.807, 2.05) is 0 Å². The van der Waals surface area contributed by atoms with E-state index in [1.54, 1.807) is 0 Å². The van der Waals surface area contributed by atoms with Gasteiger partial charge < -0.3 is 10.8 Å². The third-order valence-electron chi connectivity index (χ3n) is 0.